The van der Waals surface area contributed by atoms with Crippen LogP contribution in [0.3, 0.4) is 0 Å². The van der Waals surface area contributed by atoms with E-state index in [-0.39, 0.29) is 30.2 Å². The Bertz CT molecular complexity index is 1600. The van der Waals surface area contributed by atoms with Gasteiger partial charge < -0.3 is 25.3 Å². The van der Waals surface area contributed by atoms with E-state index in [0.29, 0.717) is 17.9 Å². The summed E-state index contributed by atoms with van der Waals surface area (Å²) in [5, 5.41) is 24.2. The van der Waals surface area contributed by atoms with Gasteiger partial charge in [0.25, 0.3) is 5.91 Å². The average Bonchev–Trinajstić information content (AvgIpc) is 3.67. The number of nitrogens with zero attached hydrogens (tertiary/aromatic N) is 1. The normalized spacial score (nSPS) is 15.0. The van der Waals surface area contributed by atoms with Crippen molar-refractivity contribution < 1.29 is 33.4 Å². The second-order valence-corrected chi connectivity index (χ2v) is 9.73. The number of amides is 1. The number of carbonyl (C=O) groups excluding carboxylic acids is 1. The highest BCUT2D eigenvalue weighted by molar-refractivity contribution is 5.99. The second kappa shape index (κ2) is 12.7. The van der Waals surface area contributed by atoms with Gasteiger partial charge in [-0.15, -0.1) is 0 Å². The molecule has 3 aromatic carbocycles. The average molecular weight is 573 g/mol. The van der Waals surface area contributed by atoms with E-state index in [9.17, 15) is 14.7 Å². The summed E-state index contributed by atoms with van der Waals surface area (Å²) in [5.74, 6) is -1.95. The van der Waals surface area contributed by atoms with Gasteiger partial charge in [0.1, 0.15) is 17.6 Å². The van der Waals surface area contributed by atoms with Gasteiger partial charge in [0.2, 0.25) is 6.23 Å². The van der Waals surface area contributed by atoms with Gasteiger partial charge in [-0.25, -0.2) is 24.5 Å². The summed E-state index contributed by atoms with van der Waals surface area (Å²) in [6.07, 6.45) is -0.842. The molecule has 0 saturated heterocycles. The fourth-order valence-electron chi connectivity index (χ4n) is 4.39. The summed E-state index contributed by atoms with van der Waals surface area (Å²) >= 11 is 0. The number of hydrogen-bond donors (Lipinski definition) is 5. The Kier molecular flexibility index (Phi) is 8.60. The molecule has 1 aromatic heterocycles. The molecule has 0 spiro atoms. The first-order chi connectivity index (χ1) is 20.3. The van der Waals surface area contributed by atoms with Crippen LogP contribution in [0.2, 0.25) is 0 Å². The molecule has 0 radical (unpaired) electrons. The molecule has 10 nitrogen and oxygen atoms in total. The zero-order valence-corrected chi connectivity index (χ0v) is 22.6. The van der Waals surface area contributed by atoms with Crippen molar-refractivity contribution >= 4 is 23.4 Å². The fraction of sp³-hybridized carbons (Fsp3) is 0.194. The first-order valence-corrected chi connectivity index (χ1v) is 13.2. The highest BCUT2D eigenvalue weighted by Crippen LogP contribution is 2.26. The van der Waals surface area contributed by atoms with Crippen molar-refractivity contribution in [2.45, 2.75) is 25.6 Å². The van der Waals surface area contributed by atoms with Gasteiger partial charge in [0.05, 0.1) is 12.2 Å². The number of rotatable bonds is 11. The van der Waals surface area contributed by atoms with Crippen LogP contribution in [0, 0.1) is 12.7 Å². The SMILES string of the molecule is Cc1ccc(-c2ccc(C(=O)NC(Cc3ccc(C4=NC(c5ccc(NCCO)cc5)ON4)c(F)c3)C(=O)O)o2)cc1. The molecule has 0 bridgehead atoms. The predicted octanol–water partition coefficient (Wildman–Crippen LogP) is 4.20. The van der Waals surface area contributed by atoms with Crippen molar-refractivity contribution in [3.63, 3.8) is 0 Å². The van der Waals surface area contributed by atoms with Crippen LogP contribution in [-0.2, 0) is 16.1 Å². The lowest BCUT2D eigenvalue weighted by molar-refractivity contribution is -0.139. The topological polar surface area (TPSA) is 145 Å². The lowest BCUT2D eigenvalue weighted by Crippen LogP contribution is -2.42. The molecule has 2 unspecified atom stereocenters. The number of benzene rings is 3. The zero-order chi connectivity index (χ0) is 29.6. The van der Waals surface area contributed by atoms with Crippen molar-refractivity contribution in [3.05, 3.63) is 113 Å². The number of carbonyl (C=O) groups is 2. The summed E-state index contributed by atoms with van der Waals surface area (Å²) in [6.45, 7) is 2.40. The van der Waals surface area contributed by atoms with E-state index in [1.807, 2.05) is 55.5 Å². The molecule has 1 aliphatic heterocycles. The van der Waals surface area contributed by atoms with Crippen LogP contribution in [0.25, 0.3) is 11.3 Å². The lowest BCUT2D eigenvalue weighted by Gasteiger charge is -2.14. The van der Waals surface area contributed by atoms with Gasteiger partial charge in [-0.3, -0.25) is 4.79 Å². The molecule has 1 amide bonds. The van der Waals surface area contributed by atoms with E-state index >= 15 is 4.39 Å². The number of hydroxylamine groups is 1. The molecule has 5 rings (SSSR count). The van der Waals surface area contributed by atoms with E-state index in [1.54, 1.807) is 12.1 Å². The third-order valence-corrected chi connectivity index (χ3v) is 6.65. The monoisotopic (exact) mass is 572 g/mol. The molecule has 0 saturated carbocycles. The van der Waals surface area contributed by atoms with E-state index in [2.05, 4.69) is 21.1 Å². The molecule has 216 valence electrons. The number of anilines is 1. The van der Waals surface area contributed by atoms with Gasteiger partial charge in [0, 0.05) is 29.8 Å². The highest BCUT2D eigenvalue weighted by Gasteiger charge is 2.26. The Labute approximate surface area is 240 Å². The molecule has 1 aliphatic rings. The third-order valence-electron chi connectivity index (χ3n) is 6.65. The Morgan fingerprint density at radius 1 is 1.05 bits per heavy atom. The summed E-state index contributed by atoms with van der Waals surface area (Å²) in [4.78, 5) is 34.6. The molecule has 4 aromatic rings. The van der Waals surface area contributed by atoms with Gasteiger partial charge in [-0.1, -0.05) is 48.0 Å². The van der Waals surface area contributed by atoms with Crippen LogP contribution in [0.15, 0.2) is 88.3 Å². The van der Waals surface area contributed by atoms with Crippen LogP contribution in [-0.4, -0.2) is 47.1 Å². The molecular formula is C31H29FN4O6. The Balaban J connectivity index is 1.24. The minimum atomic E-state index is -1.32. The van der Waals surface area contributed by atoms with E-state index in [0.717, 1.165) is 22.4 Å². The molecule has 0 fully saturated rings. The Morgan fingerprint density at radius 3 is 2.50 bits per heavy atom. The van der Waals surface area contributed by atoms with Crippen molar-refractivity contribution in [2.24, 2.45) is 4.99 Å². The number of aryl methyl sites for hydroxylation is 1. The Hall–Kier alpha value is -5.00. The van der Waals surface area contributed by atoms with Gasteiger partial charge in [-0.05, 0) is 48.9 Å². The molecule has 2 heterocycles. The summed E-state index contributed by atoms with van der Waals surface area (Å²) < 4.78 is 20.8. The molecule has 2 atom stereocenters. The molecule has 5 N–H and O–H groups in total. The first kappa shape index (κ1) is 28.5. The third kappa shape index (κ3) is 6.65. The second-order valence-electron chi connectivity index (χ2n) is 9.73. The van der Waals surface area contributed by atoms with Gasteiger partial charge in [-0.2, -0.15) is 0 Å². The van der Waals surface area contributed by atoms with E-state index < -0.39 is 30.0 Å². The quantitative estimate of drug-likeness (QED) is 0.180. The number of carboxylic acids is 1. The fourth-order valence-corrected chi connectivity index (χ4v) is 4.39. The summed E-state index contributed by atoms with van der Waals surface area (Å²) in [6, 6.07) is 20.9. The van der Waals surface area contributed by atoms with Crippen LogP contribution < -0.4 is 16.1 Å². The van der Waals surface area contributed by atoms with Crippen LogP contribution in [0.1, 0.15) is 39.0 Å². The number of furan rings is 1. The number of aliphatic carboxylic acids is 1. The number of hydrogen-bond acceptors (Lipinski definition) is 8. The predicted molar refractivity (Wildman–Crippen MR) is 153 cm³/mol. The van der Waals surface area contributed by atoms with Crippen molar-refractivity contribution in [3.8, 4) is 11.3 Å². The Morgan fingerprint density at radius 2 is 1.81 bits per heavy atom. The minimum absolute atomic E-state index is 0.0156. The molecular weight excluding hydrogens is 543 g/mol. The van der Waals surface area contributed by atoms with Crippen molar-refractivity contribution in [2.75, 3.05) is 18.5 Å². The number of carboxylic acid groups (broad SMARTS) is 1. The van der Waals surface area contributed by atoms with Crippen LogP contribution >= 0.6 is 0 Å². The van der Waals surface area contributed by atoms with Crippen LogP contribution in [0.5, 0.6) is 0 Å². The number of nitrogens with one attached hydrogen (secondary N) is 3. The number of aliphatic hydroxyl groups excluding tert-OH is 1. The largest absolute Gasteiger partial charge is 0.480 e. The summed E-state index contributed by atoms with van der Waals surface area (Å²) in [5.41, 5.74) is 6.60. The maximum Gasteiger partial charge on any atom is 0.326 e. The van der Waals surface area contributed by atoms with E-state index in [1.165, 1.54) is 18.2 Å². The van der Waals surface area contributed by atoms with Gasteiger partial charge >= 0.3 is 5.97 Å². The lowest BCUT2D eigenvalue weighted by atomic mass is 10.0. The molecule has 11 heteroatoms. The maximum atomic E-state index is 15.1. The maximum absolute atomic E-state index is 15.1. The van der Waals surface area contributed by atoms with Gasteiger partial charge in [0.15, 0.2) is 11.6 Å². The highest BCUT2D eigenvalue weighted by atomic mass is 19.1. The minimum Gasteiger partial charge on any atom is -0.480 e. The molecule has 42 heavy (non-hydrogen) atoms. The number of amidine groups is 1. The van der Waals surface area contributed by atoms with E-state index in [4.69, 9.17) is 14.4 Å². The smallest absolute Gasteiger partial charge is 0.326 e. The first-order valence-electron chi connectivity index (χ1n) is 13.2. The standard InChI is InChI=1S/C31H29FN4O6/c1-18-2-5-20(6-3-18)26-12-13-27(41-26)29(38)34-25(31(39)40)17-19-4-11-23(24(32)16-19)28-35-30(42-36-28)21-7-9-22(10-8-21)33-14-15-37/h2-13,16,25,30,33,37H,14-15,17H2,1H3,(H,34,38)(H,35,36)(H,39,40). The summed E-state index contributed by atoms with van der Waals surface area (Å²) in [7, 11) is 0. The molecule has 0 aliphatic carbocycles. The van der Waals surface area contributed by atoms with Crippen LogP contribution in [0.4, 0.5) is 10.1 Å². The van der Waals surface area contributed by atoms with Crippen molar-refractivity contribution in [1.82, 2.24) is 10.8 Å². The number of aliphatic hydroxyl groups is 1. The number of aliphatic imine (C=N–C) groups is 1. The zero-order valence-electron chi connectivity index (χ0n) is 22.6. The van der Waals surface area contributed by atoms with Crippen molar-refractivity contribution in [1.29, 1.82) is 0 Å². The number of halogens is 1.